The minimum atomic E-state index is -0.275. The molecule has 4 aliphatic rings. The third-order valence-electron chi connectivity index (χ3n) is 7.26. The SMILES string of the molecule is O=C1CCC(c2ccc(N3CCN(C4CCC5(CC4)OCCO5)CC3)cc2)C(=O)N1. The summed E-state index contributed by atoms with van der Waals surface area (Å²) in [5.41, 5.74) is 2.20. The summed E-state index contributed by atoms with van der Waals surface area (Å²) in [6, 6.07) is 8.97. The van der Waals surface area contributed by atoms with Gasteiger partial charge in [0.05, 0.1) is 19.1 Å². The third kappa shape index (κ3) is 3.98. The Hall–Kier alpha value is -1.96. The van der Waals surface area contributed by atoms with Gasteiger partial charge in [-0.05, 0) is 37.0 Å². The molecule has 5 rings (SSSR count). The van der Waals surface area contributed by atoms with Gasteiger partial charge in [-0.1, -0.05) is 12.1 Å². The highest BCUT2D eigenvalue weighted by molar-refractivity contribution is 6.00. The normalized spacial score (nSPS) is 28.1. The molecule has 1 aromatic carbocycles. The van der Waals surface area contributed by atoms with Crippen LogP contribution in [0.5, 0.6) is 0 Å². The van der Waals surface area contributed by atoms with Gasteiger partial charge >= 0.3 is 0 Å². The van der Waals surface area contributed by atoms with Gasteiger partial charge in [0.2, 0.25) is 11.8 Å². The number of hydrogen-bond donors (Lipinski definition) is 1. The maximum atomic E-state index is 12.1. The first-order valence-electron chi connectivity index (χ1n) is 11.3. The predicted molar refractivity (Wildman–Crippen MR) is 112 cm³/mol. The molecule has 1 saturated carbocycles. The molecule has 3 heterocycles. The lowest BCUT2D eigenvalue weighted by molar-refractivity contribution is -0.184. The summed E-state index contributed by atoms with van der Waals surface area (Å²) in [6.07, 6.45) is 5.35. The van der Waals surface area contributed by atoms with Crippen LogP contribution in [-0.2, 0) is 19.1 Å². The number of carbonyl (C=O) groups excluding carboxylic acids is 2. The molecular weight excluding hydrogens is 382 g/mol. The smallest absolute Gasteiger partial charge is 0.234 e. The van der Waals surface area contributed by atoms with Crippen LogP contribution in [-0.4, -0.2) is 67.9 Å². The van der Waals surface area contributed by atoms with E-state index in [0.29, 0.717) is 18.9 Å². The van der Waals surface area contributed by atoms with E-state index in [1.54, 1.807) is 0 Å². The van der Waals surface area contributed by atoms with Gasteiger partial charge in [0.1, 0.15) is 0 Å². The number of nitrogens with one attached hydrogen (secondary N) is 1. The van der Waals surface area contributed by atoms with Crippen molar-refractivity contribution in [2.75, 3.05) is 44.3 Å². The summed E-state index contributed by atoms with van der Waals surface area (Å²) in [5.74, 6) is -0.823. The van der Waals surface area contributed by atoms with E-state index in [1.165, 1.54) is 5.69 Å². The fourth-order valence-electron chi connectivity index (χ4n) is 5.47. The number of benzene rings is 1. The number of ether oxygens (including phenoxy) is 2. The van der Waals surface area contributed by atoms with Crippen molar-refractivity contribution in [1.29, 1.82) is 0 Å². The predicted octanol–water partition coefficient (Wildman–Crippen LogP) is 2.01. The minimum absolute atomic E-state index is 0.165. The maximum Gasteiger partial charge on any atom is 0.234 e. The molecule has 30 heavy (non-hydrogen) atoms. The number of piperazine rings is 1. The van der Waals surface area contributed by atoms with E-state index in [1.807, 2.05) is 12.1 Å². The fourth-order valence-corrected chi connectivity index (χ4v) is 5.47. The van der Waals surface area contributed by atoms with Crippen LogP contribution in [0.15, 0.2) is 24.3 Å². The average molecular weight is 414 g/mol. The molecule has 7 heteroatoms. The lowest BCUT2D eigenvalue weighted by Crippen LogP contribution is -2.52. The van der Waals surface area contributed by atoms with Gasteiger partial charge in [-0.2, -0.15) is 0 Å². The molecule has 3 saturated heterocycles. The molecule has 162 valence electrons. The second-order valence-corrected chi connectivity index (χ2v) is 8.96. The molecule has 1 N–H and O–H groups in total. The zero-order valence-corrected chi connectivity index (χ0v) is 17.5. The number of piperidine rings is 1. The zero-order chi connectivity index (χ0) is 20.6. The zero-order valence-electron chi connectivity index (χ0n) is 17.5. The average Bonchev–Trinajstić information content (AvgIpc) is 3.23. The molecule has 1 aliphatic carbocycles. The van der Waals surface area contributed by atoms with Gasteiger partial charge in [0, 0.05) is 57.2 Å². The molecular formula is C23H31N3O4. The number of amides is 2. The summed E-state index contributed by atoms with van der Waals surface area (Å²) in [7, 11) is 0. The fraction of sp³-hybridized carbons (Fsp3) is 0.652. The summed E-state index contributed by atoms with van der Waals surface area (Å²) >= 11 is 0. The monoisotopic (exact) mass is 413 g/mol. The van der Waals surface area contributed by atoms with Crippen molar-refractivity contribution in [2.45, 2.75) is 56.3 Å². The van der Waals surface area contributed by atoms with Gasteiger partial charge in [-0.15, -0.1) is 0 Å². The van der Waals surface area contributed by atoms with Gasteiger partial charge in [0.25, 0.3) is 0 Å². The second kappa shape index (κ2) is 8.29. The Morgan fingerprint density at radius 2 is 1.57 bits per heavy atom. The van der Waals surface area contributed by atoms with E-state index in [-0.39, 0.29) is 23.5 Å². The number of anilines is 1. The topological polar surface area (TPSA) is 71.1 Å². The molecule has 1 aromatic rings. The van der Waals surface area contributed by atoms with Crippen molar-refractivity contribution in [3.05, 3.63) is 29.8 Å². The minimum Gasteiger partial charge on any atom is -0.369 e. The van der Waals surface area contributed by atoms with Crippen molar-refractivity contribution in [1.82, 2.24) is 10.2 Å². The Morgan fingerprint density at radius 1 is 0.900 bits per heavy atom. The van der Waals surface area contributed by atoms with E-state index in [2.05, 4.69) is 27.2 Å². The van der Waals surface area contributed by atoms with Crippen molar-refractivity contribution >= 4 is 17.5 Å². The van der Waals surface area contributed by atoms with Gasteiger partial charge in [0.15, 0.2) is 5.79 Å². The number of rotatable bonds is 3. The molecule has 3 aliphatic heterocycles. The molecule has 1 spiro atoms. The first-order valence-corrected chi connectivity index (χ1v) is 11.3. The van der Waals surface area contributed by atoms with Crippen LogP contribution in [0.1, 0.15) is 50.0 Å². The van der Waals surface area contributed by atoms with E-state index in [4.69, 9.17) is 9.47 Å². The highest BCUT2D eigenvalue weighted by atomic mass is 16.7. The Labute approximate surface area is 177 Å². The lowest BCUT2D eigenvalue weighted by atomic mass is 9.88. The first-order chi connectivity index (χ1) is 14.6. The van der Waals surface area contributed by atoms with Crippen LogP contribution < -0.4 is 10.2 Å². The van der Waals surface area contributed by atoms with Crippen LogP contribution in [0.25, 0.3) is 0 Å². The molecule has 1 unspecified atom stereocenters. The van der Waals surface area contributed by atoms with Crippen LogP contribution >= 0.6 is 0 Å². The number of nitrogens with zero attached hydrogens (tertiary/aromatic N) is 2. The van der Waals surface area contributed by atoms with Crippen LogP contribution in [0.2, 0.25) is 0 Å². The summed E-state index contributed by atoms with van der Waals surface area (Å²) in [5, 5.41) is 2.45. The number of imide groups is 1. The van der Waals surface area contributed by atoms with E-state index >= 15 is 0 Å². The molecule has 7 nitrogen and oxygen atoms in total. The Morgan fingerprint density at radius 3 is 2.20 bits per heavy atom. The van der Waals surface area contributed by atoms with Gasteiger partial charge in [-0.25, -0.2) is 0 Å². The highest BCUT2D eigenvalue weighted by Gasteiger charge is 2.41. The van der Waals surface area contributed by atoms with E-state index < -0.39 is 0 Å². The number of hydrogen-bond acceptors (Lipinski definition) is 6. The van der Waals surface area contributed by atoms with E-state index in [0.717, 1.165) is 70.6 Å². The van der Waals surface area contributed by atoms with Crippen molar-refractivity contribution < 1.29 is 19.1 Å². The van der Waals surface area contributed by atoms with E-state index in [9.17, 15) is 9.59 Å². The molecule has 0 radical (unpaired) electrons. The van der Waals surface area contributed by atoms with Gasteiger partial charge < -0.3 is 14.4 Å². The van der Waals surface area contributed by atoms with Crippen LogP contribution in [0, 0.1) is 0 Å². The Kier molecular flexibility index (Phi) is 5.52. The largest absolute Gasteiger partial charge is 0.369 e. The number of carbonyl (C=O) groups is 2. The molecule has 4 fully saturated rings. The van der Waals surface area contributed by atoms with Crippen molar-refractivity contribution in [2.24, 2.45) is 0 Å². The third-order valence-corrected chi connectivity index (χ3v) is 7.26. The van der Waals surface area contributed by atoms with Crippen molar-refractivity contribution in [3.63, 3.8) is 0 Å². The first kappa shape index (κ1) is 20.0. The standard InChI is InChI=1S/C23H31N3O4/c27-21-6-5-20(22(28)24-21)17-1-3-18(4-2-17)25-11-13-26(14-12-25)19-7-9-23(10-8-19)29-15-16-30-23/h1-4,19-20H,5-16H2,(H,24,27,28). The summed E-state index contributed by atoms with van der Waals surface area (Å²) in [4.78, 5) is 28.5. The highest BCUT2D eigenvalue weighted by Crippen LogP contribution is 2.37. The molecule has 1 atom stereocenters. The molecule has 0 aromatic heterocycles. The summed E-state index contributed by atoms with van der Waals surface area (Å²) < 4.78 is 11.7. The van der Waals surface area contributed by atoms with Crippen LogP contribution in [0.3, 0.4) is 0 Å². The van der Waals surface area contributed by atoms with Crippen LogP contribution in [0.4, 0.5) is 5.69 Å². The Balaban J connectivity index is 1.13. The second-order valence-electron chi connectivity index (χ2n) is 8.96. The molecule has 0 bridgehead atoms. The van der Waals surface area contributed by atoms with Gasteiger partial charge in [-0.3, -0.25) is 19.8 Å². The van der Waals surface area contributed by atoms with Crippen molar-refractivity contribution in [3.8, 4) is 0 Å². The Bertz CT molecular complexity index is 772. The summed E-state index contributed by atoms with van der Waals surface area (Å²) in [6.45, 7) is 5.68. The maximum absolute atomic E-state index is 12.1. The molecule has 2 amide bonds. The quantitative estimate of drug-likeness (QED) is 0.765. The lowest BCUT2D eigenvalue weighted by Gasteiger charge is -2.44.